The van der Waals surface area contributed by atoms with Crippen molar-refractivity contribution in [2.75, 3.05) is 13.1 Å². The van der Waals surface area contributed by atoms with Crippen molar-refractivity contribution in [3.05, 3.63) is 87.9 Å². The minimum absolute atomic E-state index is 0.0542. The highest BCUT2D eigenvalue weighted by Gasteiger charge is 2.33. The number of para-hydroxylation sites is 2. The predicted molar refractivity (Wildman–Crippen MR) is 137 cm³/mol. The van der Waals surface area contributed by atoms with E-state index in [2.05, 4.69) is 48.7 Å². The van der Waals surface area contributed by atoms with E-state index in [4.69, 9.17) is 10.7 Å². The molecule has 2 aromatic heterocycles. The van der Waals surface area contributed by atoms with E-state index < -0.39 is 0 Å². The molecule has 172 valence electrons. The number of fused-ring (bicyclic) bond motifs is 1. The lowest BCUT2D eigenvalue weighted by Crippen LogP contribution is -2.40. The van der Waals surface area contributed by atoms with Crippen molar-refractivity contribution in [3.63, 3.8) is 0 Å². The van der Waals surface area contributed by atoms with Crippen molar-refractivity contribution in [2.45, 2.75) is 39.8 Å². The van der Waals surface area contributed by atoms with Gasteiger partial charge in [0.15, 0.2) is 0 Å². The topological polar surface area (TPSA) is 64.2 Å². The lowest BCUT2D eigenvalue weighted by atomic mass is 10.0. The van der Waals surface area contributed by atoms with Crippen LogP contribution in [0.25, 0.3) is 11.0 Å². The van der Waals surface area contributed by atoms with Gasteiger partial charge in [-0.05, 0) is 55.6 Å². The lowest BCUT2D eigenvalue weighted by molar-refractivity contribution is 0.0610. The SMILES string of the molecule is Cc1ccc(C(=O)N(CCCN)[C@@H](c2nc3ccccc3n2Cc2ccccc2)C(C)C)s1. The highest BCUT2D eigenvalue weighted by atomic mass is 32.1. The Morgan fingerprint density at radius 2 is 1.79 bits per heavy atom. The molecule has 0 saturated heterocycles. The number of hydrogen-bond donors (Lipinski definition) is 1. The monoisotopic (exact) mass is 460 g/mol. The minimum atomic E-state index is -0.164. The predicted octanol–water partition coefficient (Wildman–Crippen LogP) is 5.64. The van der Waals surface area contributed by atoms with E-state index in [0.717, 1.165) is 33.0 Å². The van der Waals surface area contributed by atoms with Gasteiger partial charge >= 0.3 is 0 Å². The third-order valence-corrected chi connectivity index (χ3v) is 6.90. The van der Waals surface area contributed by atoms with Gasteiger partial charge in [0.25, 0.3) is 5.91 Å². The van der Waals surface area contributed by atoms with Crippen LogP contribution in [0.5, 0.6) is 0 Å². The Balaban J connectivity index is 1.83. The van der Waals surface area contributed by atoms with Gasteiger partial charge in [0.05, 0.1) is 22.0 Å². The molecule has 2 N–H and O–H groups in total. The zero-order valence-electron chi connectivity index (χ0n) is 19.6. The van der Waals surface area contributed by atoms with E-state index in [1.54, 1.807) is 11.3 Å². The summed E-state index contributed by atoms with van der Waals surface area (Å²) in [7, 11) is 0. The Bertz CT molecular complexity index is 1210. The van der Waals surface area contributed by atoms with Crippen molar-refractivity contribution in [3.8, 4) is 0 Å². The van der Waals surface area contributed by atoms with Crippen molar-refractivity contribution in [1.82, 2.24) is 14.5 Å². The Hall–Kier alpha value is -2.96. The zero-order chi connectivity index (χ0) is 23.4. The van der Waals surface area contributed by atoms with Crippen LogP contribution in [0.3, 0.4) is 0 Å². The number of nitrogens with two attached hydrogens (primary N) is 1. The van der Waals surface area contributed by atoms with E-state index in [9.17, 15) is 4.79 Å². The second-order valence-electron chi connectivity index (χ2n) is 8.77. The van der Waals surface area contributed by atoms with E-state index in [1.165, 1.54) is 5.56 Å². The molecule has 0 unspecified atom stereocenters. The number of carbonyl (C=O) groups is 1. The summed E-state index contributed by atoms with van der Waals surface area (Å²) in [6.45, 7) is 8.21. The average molecular weight is 461 g/mol. The molecule has 1 amide bonds. The van der Waals surface area contributed by atoms with Crippen molar-refractivity contribution in [2.24, 2.45) is 11.7 Å². The van der Waals surface area contributed by atoms with E-state index in [-0.39, 0.29) is 17.9 Å². The largest absolute Gasteiger partial charge is 0.330 e. The second-order valence-corrected chi connectivity index (χ2v) is 10.1. The fourth-order valence-corrected chi connectivity index (χ4v) is 5.19. The Kier molecular flexibility index (Phi) is 7.26. The van der Waals surface area contributed by atoms with Crippen molar-refractivity contribution in [1.29, 1.82) is 0 Å². The fourth-order valence-electron chi connectivity index (χ4n) is 4.37. The van der Waals surface area contributed by atoms with Gasteiger partial charge in [0.2, 0.25) is 0 Å². The number of benzene rings is 2. The normalized spacial score (nSPS) is 12.4. The molecule has 0 fully saturated rings. The molecule has 2 aromatic carbocycles. The Morgan fingerprint density at radius 3 is 2.45 bits per heavy atom. The third-order valence-electron chi connectivity index (χ3n) is 5.91. The third kappa shape index (κ3) is 5.02. The van der Waals surface area contributed by atoms with Crippen molar-refractivity contribution < 1.29 is 4.79 Å². The Morgan fingerprint density at radius 1 is 1.06 bits per heavy atom. The van der Waals surface area contributed by atoms with Gasteiger partial charge in [-0.3, -0.25) is 4.79 Å². The minimum Gasteiger partial charge on any atom is -0.330 e. The fraction of sp³-hybridized carbons (Fsp3) is 0.333. The lowest BCUT2D eigenvalue weighted by Gasteiger charge is -2.34. The number of thiophene rings is 1. The van der Waals surface area contributed by atoms with Crippen molar-refractivity contribution >= 4 is 28.3 Å². The molecule has 4 aromatic rings. The highest BCUT2D eigenvalue weighted by Crippen LogP contribution is 2.33. The van der Waals surface area contributed by atoms with Crippen LogP contribution in [0, 0.1) is 12.8 Å². The van der Waals surface area contributed by atoms with Gasteiger partial charge in [-0.2, -0.15) is 0 Å². The van der Waals surface area contributed by atoms with E-state index in [0.29, 0.717) is 19.6 Å². The maximum atomic E-state index is 13.7. The number of rotatable bonds is 9. The van der Waals surface area contributed by atoms with Crippen LogP contribution in [0.15, 0.2) is 66.7 Å². The summed E-state index contributed by atoms with van der Waals surface area (Å²) in [5, 5.41) is 0. The molecule has 0 saturated carbocycles. The van der Waals surface area contributed by atoms with Crippen LogP contribution in [-0.4, -0.2) is 33.4 Å². The summed E-state index contributed by atoms with van der Waals surface area (Å²) >= 11 is 1.54. The van der Waals surface area contributed by atoms with Gasteiger partial charge in [0, 0.05) is 18.0 Å². The van der Waals surface area contributed by atoms with Crippen LogP contribution >= 0.6 is 11.3 Å². The molecule has 4 rings (SSSR count). The van der Waals surface area contributed by atoms with Gasteiger partial charge in [-0.15, -0.1) is 11.3 Å². The molecule has 0 aliphatic heterocycles. The number of nitrogens with zero attached hydrogens (tertiary/aromatic N) is 3. The first-order valence-corrected chi connectivity index (χ1v) is 12.4. The molecule has 0 spiro atoms. The van der Waals surface area contributed by atoms with Crippen LogP contribution in [0.2, 0.25) is 0 Å². The molecule has 0 radical (unpaired) electrons. The van der Waals surface area contributed by atoms with Gasteiger partial charge < -0.3 is 15.2 Å². The molecule has 5 nitrogen and oxygen atoms in total. The maximum Gasteiger partial charge on any atom is 0.264 e. The molecule has 0 aliphatic carbocycles. The smallest absolute Gasteiger partial charge is 0.264 e. The molecule has 0 bridgehead atoms. The van der Waals surface area contributed by atoms with Gasteiger partial charge in [-0.25, -0.2) is 4.98 Å². The van der Waals surface area contributed by atoms with E-state index >= 15 is 0 Å². The molecule has 33 heavy (non-hydrogen) atoms. The second kappa shape index (κ2) is 10.3. The molecule has 1 atom stereocenters. The van der Waals surface area contributed by atoms with E-state index in [1.807, 2.05) is 48.2 Å². The van der Waals surface area contributed by atoms with Crippen LogP contribution in [-0.2, 0) is 6.54 Å². The first-order chi connectivity index (χ1) is 16.0. The summed E-state index contributed by atoms with van der Waals surface area (Å²) in [5.41, 5.74) is 9.11. The van der Waals surface area contributed by atoms with Gasteiger partial charge in [0.1, 0.15) is 5.82 Å². The zero-order valence-corrected chi connectivity index (χ0v) is 20.4. The molecule has 6 heteroatoms. The number of carbonyl (C=O) groups excluding carboxylic acids is 1. The molecular weight excluding hydrogens is 428 g/mol. The molecule has 0 aliphatic rings. The van der Waals surface area contributed by atoms with Gasteiger partial charge in [-0.1, -0.05) is 56.3 Å². The summed E-state index contributed by atoms with van der Waals surface area (Å²) in [6, 6.07) is 22.4. The quantitative estimate of drug-likeness (QED) is 0.351. The summed E-state index contributed by atoms with van der Waals surface area (Å²) in [4.78, 5) is 22.7. The first kappa shape index (κ1) is 23.2. The summed E-state index contributed by atoms with van der Waals surface area (Å²) in [5.74, 6) is 1.16. The average Bonchev–Trinajstić information content (AvgIpc) is 3.40. The van der Waals surface area contributed by atoms with Crippen LogP contribution < -0.4 is 5.73 Å². The molecular formula is C27H32N4OS. The Labute approximate surface area is 199 Å². The van der Waals surface area contributed by atoms with Crippen LogP contribution in [0.4, 0.5) is 0 Å². The number of hydrogen-bond acceptors (Lipinski definition) is 4. The number of aryl methyl sites for hydroxylation is 1. The number of imidazole rings is 1. The maximum absolute atomic E-state index is 13.7. The molecule has 2 heterocycles. The number of aromatic nitrogens is 2. The standard InChI is InChI=1S/C27H32N4OS/c1-19(2)25(30(17-9-16-28)27(32)24-15-14-20(3)33-24)26-29-22-12-7-8-13-23(22)31(26)18-21-10-5-4-6-11-21/h4-8,10-15,19,25H,9,16-18,28H2,1-3H3/t25-/m1/s1. The van der Waals surface area contributed by atoms with Crippen LogP contribution in [0.1, 0.15) is 52.2 Å². The summed E-state index contributed by atoms with van der Waals surface area (Å²) < 4.78 is 2.28. The number of amides is 1. The first-order valence-electron chi connectivity index (χ1n) is 11.6. The highest BCUT2D eigenvalue weighted by molar-refractivity contribution is 7.13. The summed E-state index contributed by atoms with van der Waals surface area (Å²) in [6.07, 6.45) is 0.748.